The summed E-state index contributed by atoms with van der Waals surface area (Å²) in [7, 11) is 0. The maximum atomic E-state index is 13.5. The molecule has 0 N–H and O–H groups in total. The Kier molecular flexibility index (Phi) is 3.64. The molecule has 0 radical (unpaired) electrons. The van der Waals surface area contributed by atoms with Crippen LogP contribution < -0.4 is 4.90 Å². The van der Waals surface area contributed by atoms with E-state index in [-0.39, 0.29) is 23.0 Å². The van der Waals surface area contributed by atoms with Gasteiger partial charge in [0.2, 0.25) is 5.91 Å². The molecule has 3 heterocycles. The van der Waals surface area contributed by atoms with Crippen LogP contribution in [0.25, 0.3) is 0 Å². The van der Waals surface area contributed by atoms with Crippen molar-refractivity contribution in [3.8, 4) is 0 Å². The summed E-state index contributed by atoms with van der Waals surface area (Å²) in [6.07, 6.45) is 1.22. The molecule has 4 nitrogen and oxygen atoms in total. The molecular formula is C18H17FN2O2S. The number of benzene rings is 1. The Morgan fingerprint density at radius 3 is 2.83 bits per heavy atom. The van der Waals surface area contributed by atoms with Gasteiger partial charge in [0.05, 0.1) is 4.88 Å². The van der Waals surface area contributed by atoms with Crippen molar-refractivity contribution in [3.05, 3.63) is 52.5 Å². The zero-order valence-corrected chi connectivity index (χ0v) is 13.9. The number of carbonyl (C=O) groups is 2. The fourth-order valence-corrected chi connectivity index (χ4v) is 4.40. The van der Waals surface area contributed by atoms with E-state index in [1.54, 1.807) is 17.0 Å². The lowest BCUT2D eigenvalue weighted by molar-refractivity contribution is -0.117. The zero-order valence-electron chi connectivity index (χ0n) is 13.1. The standard InChI is InChI=1S/C18H17FN2O2S/c19-13-3-1-4-14(9-13)21-12-18(10-16(21)22)6-7-20(11-18)17(23)15-5-2-8-24-15/h1-5,8-9H,6-7,10-12H2/t18-/m1/s1. The minimum Gasteiger partial charge on any atom is -0.337 e. The summed E-state index contributed by atoms with van der Waals surface area (Å²) >= 11 is 1.44. The van der Waals surface area contributed by atoms with Gasteiger partial charge >= 0.3 is 0 Å². The van der Waals surface area contributed by atoms with Gasteiger partial charge in [-0.1, -0.05) is 12.1 Å². The molecule has 0 unspecified atom stereocenters. The van der Waals surface area contributed by atoms with E-state index in [2.05, 4.69) is 0 Å². The van der Waals surface area contributed by atoms with Crippen molar-refractivity contribution in [2.75, 3.05) is 24.5 Å². The van der Waals surface area contributed by atoms with E-state index in [0.29, 0.717) is 31.7 Å². The van der Waals surface area contributed by atoms with Crippen molar-refractivity contribution in [1.82, 2.24) is 4.90 Å². The number of hydrogen-bond donors (Lipinski definition) is 0. The third kappa shape index (κ3) is 2.60. The van der Waals surface area contributed by atoms with E-state index in [9.17, 15) is 14.0 Å². The summed E-state index contributed by atoms with van der Waals surface area (Å²) in [5.74, 6) is -0.299. The Hall–Kier alpha value is -2.21. The van der Waals surface area contributed by atoms with Crippen LogP contribution >= 0.6 is 11.3 Å². The highest BCUT2D eigenvalue weighted by molar-refractivity contribution is 7.12. The van der Waals surface area contributed by atoms with E-state index in [1.165, 1.54) is 23.5 Å². The van der Waals surface area contributed by atoms with Crippen molar-refractivity contribution in [2.24, 2.45) is 5.41 Å². The summed E-state index contributed by atoms with van der Waals surface area (Å²) in [5, 5.41) is 1.89. The molecule has 0 saturated carbocycles. The maximum Gasteiger partial charge on any atom is 0.263 e. The highest BCUT2D eigenvalue weighted by Crippen LogP contribution is 2.42. The first-order valence-electron chi connectivity index (χ1n) is 7.95. The molecule has 2 aromatic rings. The zero-order chi connectivity index (χ0) is 16.7. The van der Waals surface area contributed by atoms with Crippen molar-refractivity contribution in [3.63, 3.8) is 0 Å². The van der Waals surface area contributed by atoms with Crippen molar-refractivity contribution in [2.45, 2.75) is 12.8 Å². The van der Waals surface area contributed by atoms with Crippen LogP contribution in [0.5, 0.6) is 0 Å². The molecule has 24 heavy (non-hydrogen) atoms. The van der Waals surface area contributed by atoms with Gasteiger partial charge in [0, 0.05) is 37.2 Å². The molecule has 2 amide bonds. The Balaban J connectivity index is 1.51. The minimum absolute atomic E-state index is 0.00558. The van der Waals surface area contributed by atoms with Crippen molar-refractivity contribution < 1.29 is 14.0 Å². The van der Waals surface area contributed by atoms with Gasteiger partial charge in [0.1, 0.15) is 5.82 Å². The molecule has 2 fully saturated rings. The van der Waals surface area contributed by atoms with E-state index in [1.807, 2.05) is 22.4 Å². The Bertz CT molecular complexity index is 792. The second-order valence-electron chi connectivity index (χ2n) is 6.59. The molecule has 124 valence electrons. The summed E-state index contributed by atoms with van der Waals surface area (Å²) in [5.41, 5.74) is 0.385. The lowest BCUT2D eigenvalue weighted by Gasteiger charge is -2.24. The normalized spacial score (nSPS) is 23.5. The van der Waals surface area contributed by atoms with Gasteiger partial charge in [0.25, 0.3) is 5.91 Å². The predicted molar refractivity (Wildman–Crippen MR) is 90.6 cm³/mol. The highest BCUT2D eigenvalue weighted by Gasteiger charge is 2.48. The summed E-state index contributed by atoms with van der Waals surface area (Å²) in [6, 6.07) is 9.83. The number of nitrogens with zero attached hydrogens (tertiary/aromatic N) is 2. The van der Waals surface area contributed by atoms with E-state index in [4.69, 9.17) is 0 Å². The molecule has 1 aromatic heterocycles. The monoisotopic (exact) mass is 344 g/mol. The lowest BCUT2D eigenvalue weighted by atomic mass is 9.86. The molecule has 1 spiro atoms. The van der Waals surface area contributed by atoms with Gasteiger partial charge in [-0.3, -0.25) is 9.59 Å². The number of amides is 2. The second-order valence-corrected chi connectivity index (χ2v) is 7.54. The van der Waals surface area contributed by atoms with Gasteiger partial charge in [0.15, 0.2) is 0 Å². The molecule has 2 aliphatic rings. The van der Waals surface area contributed by atoms with Gasteiger partial charge in [-0.05, 0) is 36.1 Å². The average Bonchev–Trinajstić information content (AvgIpc) is 3.28. The van der Waals surface area contributed by atoms with Crippen LogP contribution in [-0.4, -0.2) is 36.3 Å². The first-order valence-corrected chi connectivity index (χ1v) is 8.83. The number of likely N-dealkylation sites (tertiary alicyclic amines) is 1. The first kappa shape index (κ1) is 15.3. The molecule has 2 saturated heterocycles. The first-order chi connectivity index (χ1) is 11.6. The number of hydrogen-bond acceptors (Lipinski definition) is 3. The van der Waals surface area contributed by atoms with Gasteiger partial charge in [-0.25, -0.2) is 4.39 Å². The number of rotatable bonds is 2. The highest BCUT2D eigenvalue weighted by atomic mass is 32.1. The number of thiophene rings is 1. The Labute approximate surface area is 143 Å². The predicted octanol–water partition coefficient (Wildman–Crippen LogP) is 3.16. The summed E-state index contributed by atoms with van der Waals surface area (Å²) < 4.78 is 13.5. The molecule has 0 bridgehead atoms. The van der Waals surface area contributed by atoms with Gasteiger partial charge in [-0.2, -0.15) is 0 Å². The van der Waals surface area contributed by atoms with Crippen LogP contribution in [0.1, 0.15) is 22.5 Å². The van der Waals surface area contributed by atoms with E-state index in [0.717, 1.165) is 11.3 Å². The number of carbonyl (C=O) groups excluding carboxylic acids is 2. The molecule has 2 aliphatic heterocycles. The van der Waals surface area contributed by atoms with Crippen LogP contribution in [0.15, 0.2) is 41.8 Å². The van der Waals surface area contributed by atoms with Crippen molar-refractivity contribution in [1.29, 1.82) is 0 Å². The fourth-order valence-electron chi connectivity index (χ4n) is 3.71. The molecule has 6 heteroatoms. The minimum atomic E-state index is -0.345. The van der Waals surface area contributed by atoms with Crippen LogP contribution in [0, 0.1) is 11.2 Å². The lowest BCUT2D eigenvalue weighted by Crippen LogP contribution is -2.33. The van der Waals surface area contributed by atoms with Crippen LogP contribution in [0.2, 0.25) is 0 Å². The van der Waals surface area contributed by atoms with Gasteiger partial charge in [-0.15, -0.1) is 11.3 Å². The van der Waals surface area contributed by atoms with E-state index < -0.39 is 0 Å². The Morgan fingerprint density at radius 2 is 2.08 bits per heavy atom. The van der Waals surface area contributed by atoms with Crippen LogP contribution in [0.4, 0.5) is 10.1 Å². The smallest absolute Gasteiger partial charge is 0.263 e. The molecule has 0 aliphatic carbocycles. The summed E-state index contributed by atoms with van der Waals surface area (Å²) in [6.45, 7) is 1.80. The summed E-state index contributed by atoms with van der Waals surface area (Å²) in [4.78, 5) is 29.2. The topological polar surface area (TPSA) is 40.6 Å². The molecule has 1 atom stereocenters. The quantitative estimate of drug-likeness (QED) is 0.840. The maximum absolute atomic E-state index is 13.5. The fraction of sp³-hybridized carbons (Fsp3) is 0.333. The SMILES string of the molecule is O=C(c1cccs1)N1CC[C@@]2(CC(=O)N(c3cccc(F)c3)C2)C1. The molecule has 1 aromatic carbocycles. The number of anilines is 1. The van der Waals surface area contributed by atoms with Crippen LogP contribution in [0.3, 0.4) is 0 Å². The van der Waals surface area contributed by atoms with E-state index >= 15 is 0 Å². The number of halogens is 1. The molecule has 4 rings (SSSR count). The Morgan fingerprint density at radius 1 is 1.21 bits per heavy atom. The van der Waals surface area contributed by atoms with Crippen LogP contribution in [-0.2, 0) is 4.79 Å². The van der Waals surface area contributed by atoms with Crippen molar-refractivity contribution >= 4 is 28.8 Å². The second kappa shape index (κ2) is 5.70. The van der Waals surface area contributed by atoms with Gasteiger partial charge < -0.3 is 9.80 Å². The largest absolute Gasteiger partial charge is 0.337 e. The third-order valence-electron chi connectivity index (χ3n) is 4.90. The average molecular weight is 344 g/mol. The third-order valence-corrected chi connectivity index (χ3v) is 5.76. The molecular weight excluding hydrogens is 327 g/mol.